The number of benzene rings is 2. The van der Waals surface area contributed by atoms with Gasteiger partial charge in [-0.25, -0.2) is 24.0 Å². The fraction of sp³-hybridized carbons (Fsp3) is 0.233. The molecule has 0 aromatic heterocycles. The first-order valence-corrected chi connectivity index (χ1v) is 13.3. The van der Waals surface area contributed by atoms with Crippen LogP contribution in [0.25, 0.3) is 12.2 Å². The van der Waals surface area contributed by atoms with Crippen molar-refractivity contribution in [1.29, 1.82) is 0 Å². The molecule has 2 aromatic carbocycles. The molecular weight excluding hydrogens is 644 g/mol. The number of nitrogens with one attached hydrogen (secondary N) is 2. The summed E-state index contributed by atoms with van der Waals surface area (Å²) in [5, 5.41) is 4.82. The van der Waals surface area contributed by atoms with E-state index in [1.165, 1.54) is 48.6 Å². The summed E-state index contributed by atoms with van der Waals surface area (Å²) in [6.07, 6.45) is 0.357. The van der Waals surface area contributed by atoms with E-state index in [9.17, 15) is 33.6 Å². The molecule has 2 rings (SSSR count). The summed E-state index contributed by atoms with van der Waals surface area (Å²) < 4.78 is 42.2. The summed E-state index contributed by atoms with van der Waals surface area (Å²) in [5.41, 5.74) is 0.633. The van der Waals surface area contributed by atoms with Crippen LogP contribution in [0.15, 0.2) is 48.6 Å². The summed E-state index contributed by atoms with van der Waals surface area (Å²) in [7, 11) is 5.38. The molecule has 0 saturated heterocycles. The van der Waals surface area contributed by atoms with Crippen molar-refractivity contribution in [3.63, 3.8) is 0 Å². The Morgan fingerprint density at radius 3 is 1.35 bits per heavy atom. The van der Waals surface area contributed by atoms with Crippen molar-refractivity contribution in [1.82, 2.24) is 10.6 Å². The minimum absolute atomic E-state index is 0.167. The standard InChI is InChI=1S/C30H30N2O16/c1-40-26(35)19(32-25(34)13-9-18-7-11-21(46-28(37)42-3)23(15-18)48-30(39)44-5)16-31-24(33)12-8-17-6-10-20(45-27(36)41-2)22(14-17)47-29(38)43-4/h6-15,19H,16H2,1-5H3,(H,31,33)(H,32,34)/b12-8+,13-9+. The van der Waals surface area contributed by atoms with Crippen LogP contribution in [0, 0.1) is 0 Å². The highest BCUT2D eigenvalue weighted by molar-refractivity contribution is 5.96. The Morgan fingerprint density at radius 1 is 0.562 bits per heavy atom. The number of carbonyl (C=O) groups is 7. The van der Waals surface area contributed by atoms with Gasteiger partial charge in [-0.3, -0.25) is 9.59 Å². The third-order valence-electron chi connectivity index (χ3n) is 5.51. The predicted molar refractivity (Wildman–Crippen MR) is 160 cm³/mol. The monoisotopic (exact) mass is 674 g/mol. The van der Waals surface area contributed by atoms with Crippen molar-refractivity contribution in [3.05, 3.63) is 59.7 Å². The third-order valence-corrected chi connectivity index (χ3v) is 5.51. The van der Waals surface area contributed by atoms with E-state index in [0.29, 0.717) is 11.1 Å². The molecule has 256 valence electrons. The number of esters is 1. The smallest absolute Gasteiger partial charge is 0.467 e. The molecule has 18 heteroatoms. The number of carbonyl (C=O) groups excluding carboxylic acids is 7. The molecule has 18 nitrogen and oxygen atoms in total. The SMILES string of the molecule is COC(=O)Oc1ccc(/C=C/C(=O)NCC(NC(=O)/C=C/c2ccc(OC(=O)OC)c(OC(=O)OC)c2)C(=O)OC)cc1OC(=O)OC. The molecule has 2 amide bonds. The third kappa shape index (κ3) is 12.4. The Labute approximate surface area is 272 Å². The van der Waals surface area contributed by atoms with Crippen molar-refractivity contribution < 1.29 is 76.2 Å². The van der Waals surface area contributed by atoms with E-state index < -0.39 is 48.4 Å². The van der Waals surface area contributed by atoms with Crippen molar-refractivity contribution in [2.45, 2.75) is 6.04 Å². The lowest BCUT2D eigenvalue weighted by Gasteiger charge is -2.15. The Balaban J connectivity index is 2.10. The first-order chi connectivity index (χ1) is 22.9. The molecule has 0 heterocycles. The van der Waals surface area contributed by atoms with Crippen molar-refractivity contribution in [2.24, 2.45) is 0 Å². The van der Waals surface area contributed by atoms with Gasteiger partial charge in [0.25, 0.3) is 0 Å². The normalized spacial score (nSPS) is 11.0. The molecule has 2 aromatic rings. The van der Waals surface area contributed by atoms with Gasteiger partial charge in [0.1, 0.15) is 6.04 Å². The molecule has 0 bridgehead atoms. The maximum atomic E-state index is 12.6. The zero-order chi connectivity index (χ0) is 35.6. The van der Waals surface area contributed by atoms with E-state index in [1.54, 1.807) is 0 Å². The highest BCUT2D eigenvalue weighted by Crippen LogP contribution is 2.31. The first-order valence-electron chi connectivity index (χ1n) is 13.3. The maximum absolute atomic E-state index is 12.6. The van der Waals surface area contributed by atoms with Gasteiger partial charge in [0.05, 0.1) is 35.5 Å². The second-order valence-electron chi connectivity index (χ2n) is 8.63. The Kier molecular flexibility index (Phi) is 14.9. The summed E-state index contributed by atoms with van der Waals surface area (Å²) in [6, 6.07) is 6.61. The number of ether oxygens (including phenoxy) is 9. The summed E-state index contributed by atoms with van der Waals surface area (Å²) in [5.74, 6) is -3.11. The van der Waals surface area contributed by atoms with Crippen LogP contribution in [0.3, 0.4) is 0 Å². The van der Waals surface area contributed by atoms with Gasteiger partial charge in [0, 0.05) is 18.7 Å². The Morgan fingerprint density at radius 2 is 0.958 bits per heavy atom. The molecule has 0 spiro atoms. The maximum Gasteiger partial charge on any atom is 0.513 e. The molecule has 0 aliphatic heterocycles. The minimum Gasteiger partial charge on any atom is -0.467 e. The van der Waals surface area contributed by atoms with Crippen LogP contribution in [-0.4, -0.2) is 90.5 Å². The minimum atomic E-state index is -1.31. The molecule has 0 radical (unpaired) electrons. The van der Waals surface area contributed by atoms with E-state index in [2.05, 4.69) is 29.6 Å². The van der Waals surface area contributed by atoms with Gasteiger partial charge >= 0.3 is 30.6 Å². The van der Waals surface area contributed by atoms with Crippen LogP contribution in [0.1, 0.15) is 11.1 Å². The fourth-order valence-corrected chi connectivity index (χ4v) is 3.27. The van der Waals surface area contributed by atoms with Crippen molar-refractivity contribution >= 4 is 54.6 Å². The molecule has 0 aliphatic carbocycles. The van der Waals surface area contributed by atoms with Gasteiger partial charge in [-0.15, -0.1) is 0 Å². The lowest BCUT2D eigenvalue weighted by molar-refractivity contribution is -0.144. The topological polar surface area (TPSA) is 227 Å². The quantitative estimate of drug-likeness (QED) is 0.143. The Bertz CT molecular complexity index is 1580. The zero-order valence-electron chi connectivity index (χ0n) is 26.1. The van der Waals surface area contributed by atoms with Gasteiger partial charge in [0.15, 0.2) is 23.0 Å². The second-order valence-corrected chi connectivity index (χ2v) is 8.63. The van der Waals surface area contributed by atoms with E-state index in [-0.39, 0.29) is 29.5 Å². The van der Waals surface area contributed by atoms with Crippen LogP contribution in [-0.2, 0) is 38.1 Å². The molecule has 1 unspecified atom stereocenters. The number of hydrogen-bond donors (Lipinski definition) is 2. The number of hydrogen-bond acceptors (Lipinski definition) is 16. The van der Waals surface area contributed by atoms with E-state index in [0.717, 1.165) is 47.7 Å². The molecule has 2 N–H and O–H groups in total. The van der Waals surface area contributed by atoms with Crippen LogP contribution < -0.4 is 29.6 Å². The van der Waals surface area contributed by atoms with Crippen LogP contribution >= 0.6 is 0 Å². The number of amides is 2. The number of methoxy groups -OCH3 is 5. The zero-order valence-corrected chi connectivity index (χ0v) is 26.1. The molecule has 0 fully saturated rings. The molecular formula is C30H30N2O16. The molecule has 48 heavy (non-hydrogen) atoms. The molecule has 0 aliphatic rings. The summed E-state index contributed by atoms with van der Waals surface area (Å²) >= 11 is 0. The van der Waals surface area contributed by atoms with Crippen molar-refractivity contribution in [3.8, 4) is 23.0 Å². The summed E-state index contributed by atoms with van der Waals surface area (Å²) in [6.45, 7) is -0.380. The number of rotatable bonds is 12. The lowest BCUT2D eigenvalue weighted by atomic mass is 10.2. The second kappa shape index (κ2) is 19.0. The van der Waals surface area contributed by atoms with Gasteiger partial charge in [-0.05, 0) is 47.5 Å². The Hall–Kier alpha value is -6.59. The van der Waals surface area contributed by atoms with Crippen LogP contribution in [0.4, 0.5) is 19.2 Å². The van der Waals surface area contributed by atoms with Gasteiger partial charge in [-0.2, -0.15) is 0 Å². The average molecular weight is 675 g/mol. The highest BCUT2D eigenvalue weighted by Gasteiger charge is 2.21. The van der Waals surface area contributed by atoms with Gasteiger partial charge < -0.3 is 53.3 Å². The van der Waals surface area contributed by atoms with E-state index in [4.69, 9.17) is 23.7 Å². The molecule has 0 saturated carbocycles. The molecule has 1 atom stereocenters. The van der Waals surface area contributed by atoms with E-state index >= 15 is 0 Å². The highest BCUT2D eigenvalue weighted by atomic mass is 16.8. The van der Waals surface area contributed by atoms with Crippen molar-refractivity contribution in [2.75, 3.05) is 42.1 Å². The van der Waals surface area contributed by atoms with Crippen LogP contribution in [0.2, 0.25) is 0 Å². The lowest BCUT2D eigenvalue weighted by Crippen LogP contribution is -2.48. The fourth-order valence-electron chi connectivity index (χ4n) is 3.27. The summed E-state index contributed by atoms with van der Waals surface area (Å²) in [4.78, 5) is 83.5. The predicted octanol–water partition coefficient (Wildman–Crippen LogP) is 2.77. The van der Waals surface area contributed by atoms with Crippen LogP contribution in [0.5, 0.6) is 23.0 Å². The average Bonchev–Trinajstić information content (AvgIpc) is 3.09. The first kappa shape index (κ1) is 37.6. The van der Waals surface area contributed by atoms with Gasteiger partial charge in [0.2, 0.25) is 11.8 Å². The van der Waals surface area contributed by atoms with E-state index in [1.807, 2.05) is 0 Å². The largest absolute Gasteiger partial charge is 0.513 e. The van der Waals surface area contributed by atoms with Gasteiger partial charge in [-0.1, -0.05) is 12.1 Å².